The lowest BCUT2D eigenvalue weighted by molar-refractivity contribution is 0.222. The molecule has 2 N–H and O–H groups in total. The molecule has 1 aliphatic heterocycles. The molecule has 1 fully saturated rings. The van der Waals surface area contributed by atoms with Crippen molar-refractivity contribution in [1.29, 1.82) is 0 Å². The standard InChI is InChI=1S/C13H23NOS/c1-6-10(11(15)16)9-7-12(2,3)14-13(4,5)8-9/h14H,6-8H2,1-5H3,(H,15,16). The molecule has 1 saturated heterocycles. The third-order valence-electron chi connectivity index (χ3n) is 3.03. The molecule has 16 heavy (non-hydrogen) atoms. The molecule has 1 aliphatic rings. The quantitative estimate of drug-likeness (QED) is 0.573. The zero-order chi connectivity index (χ0) is 12.6. The summed E-state index contributed by atoms with van der Waals surface area (Å²) in [5.74, 6) is 0. The van der Waals surface area contributed by atoms with E-state index in [1.54, 1.807) is 0 Å². The second kappa shape index (κ2) is 4.46. The first-order valence-electron chi connectivity index (χ1n) is 5.90. The third-order valence-corrected chi connectivity index (χ3v) is 3.27. The van der Waals surface area contributed by atoms with E-state index in [4.69, 9.17) is 12.2 Å². The van der Waals surface area contributed by atoms with Gasteiger partial charge < -0.3 is 10.4 Å². The van der Waals surface area contributed by atoms with Crippen molar-refractivity contribution >= 4 is 17.3 Å². The molecule has 3 heteroatoms. The van der Waals surface area contributed by atoms with Crippen LogP contribution in [0.4, 0.5) is 0 Å². The predicted molar refractivity (Wildman–Crippen MR) is 73.1 cm³/mol. The van der Waals surface area contributed by atoms with Gasteiger partial charge in [-0.05, 0) is 59.2 Å². The summed E-state index contributed by atoms with van der Waals surface area (Å²) < 4.78 is 0. The number of nitrogens with one attached hydrogen (secondary N) is 1. The molecule has 92 valence electrons. The lowest BCUT2D eigenvalue weighted by Gasteiger charge is -2.44. The molecule has 2 nitrogen and oxygen atoms in total. The van der Waals surface area contributed by atoms with Crippen LogP contribution in [0.2, 0.25) is 0 Å². The molecular formula is C13H23NOS. The van der Waals surface area contributed by atoms with E-state index in [0.29, 0.717) is 0 Å². The number of rotatable bonds is 2. The van der Waals surface area contributed by atoms with Gasteiger partial charge in [0.25, 0.3) is 0 Å². The normalized spacial score (nSPS) is 22.9. The van der Waals surface area contributed by atoms with Crippen LogP contribution in [-0.4, -0.2) is 21.2 Å². The Kier molecular flexibility index (Phi) is 3.80. The number of hydrogen-bond acceptors (Lipinski definition) is 2. The van der Waals surface area contributed by atoms with Crippen LogP contribution in [-0.2, 0) is 0 Å². The highest BCUT2D eigenvalue weighted by Crippen LogP contribution is 2.34. The van der Waals surface area contributed by atoms with E-state index in [2.05, 4.69) is 33.0 Å². The molecule has 0 saturated carbocycles. The van der Waals surface area contributed by atoms with E-state index in [0.717, 1.165) is 24.8 Å². The second-order valence-electron chi connectivity index (χ2n) is 5.99. The minimum atomic E-state index is 0.0717. The van der Waals surface area contributed by atoms with Crippen LogP contribution in [0.1, 0.15) is 53.9 Å². The van der Waals surface area contributed by atoms with Gasteiger partial charge in [0.05, 0.1) is 0 Å². The van der Waals surface area contributed by atoms with Gasteiger partial charge >= 0.3 is 0 Å². The average molecular weight is 241 g/mol. The van der Waals surface area contributed by atoms with Gasteiger partial charge in [0.2, 0.25) is 0 Å². The summed E-state index contributed by atoms with van der Waals surface area (Å²) in [4.78, 5) is 0. The first kappa shape index (κ1) is 13.7. The monoisotopic (exact) mass is 241 g/mol. The van der Waals surface area contributed by atoms with Crippen molar-refractivity contribution in [3.63, 3.8) is 0 Å². The van der Waals surface area contributed by atoms with Crippen LogP contribution < -0.4 is 5.32 Å². The Labute approximate surface area is 104 Å². The van der Waals surface area contributed by atoms with Crippen molar-refractivity contribution in [3.05, 3.63) is 11.1 Å². The molecule has 0 amide bonds. The lowest BCUT2D eigenvalue weighted by atomic mass is 9.77. The zero-order valence-electron chi connectivity index (χ0n) is 11.0. The molecule has 0 aliphatic carbocycles. The lowest BCUT2D eigenvalue weighted by Crippen LogP contribution is -2.56. The van der Waals surface area contributed by atoms with Crippen molar-refractivity contribution in [2.75, 3.05) is 0 Å². The van der Waals surface area contributed by atoms with E-state index < -0.39 is 0 Å². The van der Waals surface area contributed by atoms with E-state index in [-0.39, 0.29) is 16.1 Å². The summed E-state index contributed by atoms with van der Waals surface area (Å²) in [6.45, 7) is 10.8. The molecule has 0 aromatic heterocycles. The Morgan fingerprint density at radius 2 is 1.69 bits per heavy atom. The van der Waals surface area contributed by atoms with E-state index in [9.17, 15) is 5.11 Å². The molecular weight excluding hydrogens is 218 g/mol. The largest absolute Gasteiger partial charge is 0.499 e. The van der Waals surface area contributed by atoms with Crippen molar-refractivity contribution in [2.45, 2.75) is 65.0 Å². The molecule has 0 unspecified atom stereocenters. The Hall–Kier alpha value is -0.410. The smallest absolute Gasteiger partial charge is 0.184 e. The summed E-state index contributed by atoms with van der Waals surface area (Å²) in [5.41, 5.74) is 2.42. The minimum Gasteiger partial charge on any atom is -0.499 e. The van der Waals surface area contributed by atoms with Crippen LogP contribution in [0.5, 0.6) is 0 Å². The van der Waals surface area contributed by atoms with Gasteiger partial charge in [0.1, 0.15) is 0 Å². The van der Waals surface area contributed by atoms with E-state index in [1.165, 1.54) is 5.57 Å². The number of hydrogen-bond donors (Lipinski definition) is 2. The van der Waals surface area contributed by atoms with Gasteiger partial charge in [-0.1, -0.05) is 12.5 Å². The maximum Gasteiger partial charge on any atom is 0.184 e. The molecule has 0 radical (unpaired) electrons. The van der Waals surface area contributed by atoms with Crippen LogP contribution in [0.15, 0.2) is 11.1 Å². The van der Waals surface area contributed by atoms with Gasteiger partial charge in [-0.2, -0.15) is 0 Å². The topological polar surface area (TPSA) is 32.3 Å². The number of thiocarbonyl (C=S) groups is 1. The fraction of sp³-hybridized carbons (Fsp3) is 0.769. The summed E-state index contributed by atoms with van der Waals surface area (Å²) in [7, 11) is 0. The first-order chi connectivity index (χ1) is 7.17. The zero-order valence-corrected chi connectivity index (χ0v) is 11.8. The second-order valence-corrected chi connectivity index (χ2v) is 6.37. The minimum absolute atomic E-state index is 0.0717. The highest BCUT2D eigenvalue weighted by molar-refractivity contribution is 7.80. The fourth-order valence-corrected chi connectivity index (χ4v) is 3.19. The molecule has 0 atom stereocenters. The number of aliphatic hydroxyl groups excluding tert-OH is 1. The molecule has 0 bridgehead atoms. The molecule has 0 spiro atoms. The summed E-state index contributed by atoms with van der Waals surface area (Å²) in [6.07, 6.45) is 2.73. The van der Waals surface area contributed by atoms with E-state index in [1.807, 2.05) is 6.92 Å². The van der Waals surface area contributed by atoms with Crippen LogP contribution in [0, 0.1) is 0 Å². The van der Waals surface area contributed by atoms with Crippen molar-refractivity contribution in [2.24, 2.45) is 0 Å². The fourth-order valence-electron chi connectivity index (χ4n) is 2.90. The summed E-state index contributed by atoms with van der Waals surface area (Å²) in [6, 6.07) is 0. The van der Waals surface area contributed by atoms with E-state index >= 15 is 0 Å². The SMILES string of the molecule is CCC(C(O)=S)=C1CC(C)(C)NC(C)(C)C1. The number of piperidine rings is 1. The summed E-state index contributed by atoms with van der Waals surface area (Å²) >= 11 is 4.92. The van der Waals surface area contributed by atoms with Crippen LogP contribution in [0.3, 0.4) is 0 Å². The Morgan fingerprint density at radius 1 is 1.25 bits per heavy atom. The highest BCUT2D eigenvalue weighted by atomic mass is 32.1. The van der Waals surface area contributed by atoms with Gasteiger partial charge in [-0.3, -0.25) is 0 Å². The highest BCUT2D eigenvalue weighted by Gasteiger charge is 2.35. The third kappa shape index (κ3) is 3.29. The van der Waals surface area contributed by atoms with Crippen molar-refractivity contribution < 1.29 is 5.11 Å². The maximum atomic E-state index is 9.56. The van der Waals surface area contributed by atoms with Gasteiger partial charge in [-0.25, -0.2) is 0 Å². The Morgan fingerprint density at radius 3 is 2.00 bits per heavy atom. The predicted octanol–water partition coefficient (Wildman–Crippen LogP) is 3.52. The number of aliphatic hydroxyl groups is 1. The molecule has 0 aromatic carbocycles. The van der Waals surface area contributed by atoms with Gasteiger partial charge in [-0.15, -0.1) is 0 Å². The first-order valence-corrected chi connectivity index (χ1v) is 6.31. The molecule has 0 aromatic rings. The molecule has 1 heterocycles. The van der Waals surface area contributed by atoms with Gasteiger partial charge in [0.15, 0.2) is 5.05 Å². The van der Waals surface area contributed by atoms with Crippen LogP contribution in [0.25, 0.3) is 0 Å². The van der Waals surface area contributed by atoms with Crippen molar-refractivity contribution in [1.82, 2.24) is 5.32 Å². The van der Waals surface area contributed by atoms with Crippen molar-refractivity contribution in [3.8, 4) is 0 Å². The Bertz CT molecular complexity index is 311. The maximum absolute atomic E-state index is 9.56. The van der Waals surface area contributed by atoms with Gasteiger partial charge in [0, 0.05) is 16.7 Å². The van der Waals surface area contributed by atoms with Crippen LogP contribution >= 0.6 is 12.2 Å². The average Bonchev–Trinajstić information content (AvgIpc) is 1.97. The summed E-state index contributed by atoms with van der Waals surface area (Å²) in [5, 5.41) is 13.3. The Balaban J connectivity index is 3.10. The molecule has 1 rings (SSSR count).